The molecular weight excluding hydrogens is 342 g/mol. The van der Waals surface area contributed by atoms with Gasteiger partial charge in [0.15, 0.2) is 0 Å². The van der Waals surface area contributed by atoms with Crippen molar-refractivity contribution in [3.63, 3.8) is 0 Å². The number of carbonyl (C=O) groups excluding carboxylic acids is 2. The monoisotopic (exact) mass is 369 g/mol. The topological polar surface area (TPSA) is 74.4 Å². The maximum Gasteiger partial charge on any atom is 0.409 e. The van der Waals surface area contributed by atoms with E-state index >= 15 is 0 Å². The molecule has 1 aliphatic heterocycles. The zero-order valence-corrected chi connectivity index (χ0v) is 15.8. The molecule has 2 N–H and O–H groups in total. The number of aromatic nitrogens is 1. The number of likely N-dealkylation sites (tertiary alicyclic amines) is 1. The molecule has 2 aliphatic rings. The van der Waals surface area contributed by atoms with Gasteiger partial charge in [0.2, 0.25) is 5.91 Å². The second-order valence-electron chi connectivity index (χ2n) is 7.54. The van der Waals surface area contributed by atoms with Gasteiger partial charge in [-0.3, -0.25) is 4.79 Å². The molecule has 4 rings (SSSR count). The molecule has 2 heterocycles. The zero-order valence-electron chi connectivity index (χ0n) is 15.8. The number of aromatic amines is 1. The van der Waals surface area contributed by atoms with Crippen molar-refractivity contribution in [3.8, 4) is 0 Å². The van der Waals surface area contributed by atoms with Crippen molar-refractivity contribution in [1.29, 1.82) is 0 Å². The molecule has 1 saturated heterocycles. The summed E-state index contributed by atoms with van der Waals surface area (Å²) in [5.74, 6) is 0.181. The van der Waals surface area contributed by atoms with Gasteiger partial charge in [0.25, 0.3) is 0 Å². The van der Waals surface area contributed by atoms with Crippen molar-refractivity contribution in [2.75, 3.05) is 19.7 Å². The fraction of sp³-hybridized carbons (Fsp3) is 0.524. The molecular formula is C21H27N3O3. The molecule has 1 fully saturated rings. The lowest BCUT2D eigenvalue weighted by Crippen LogP contribution is -2.48. The maximum atomic E-state index is 12.8. The molecule has 1 atom stereocenters. The number of rotatable bonds is 3. The van der Waals surface area contributed by atoms with E-state index in [-0.39, 0.29) is 24.0 Å². The first kappa shape index (κ1) is 17.9. The van der Waals surface area contributed by atoms with Crippen LogP contribution in [0.5, 0.6) is 0 Å². The molecule has 0 saturated carbocycles. The van der Waals surface area contributed by atoms with E-state index in [1.165, 1.54) is 16.6 Å². The van der Waals surface area contributed by atoms with E-state index in [0.29, 0.717) is 19.7 Å². The molecule has 2 aromatic rings. The summed E-state index contributed by atoms with van der Waals surface area (Å²) in [6.07, 6.45) is 3.93. The van der Waals surface area contributed by atoms with Gasteiger partial charge in [0.1, 0.15) is 0 Å². The van der Waals surface area contributed by atoms with Crippen molar-refractivity contribution in [2.45, 2.75) is 45.1 Å². The van der Waals surface area contributed by atoms with Gasteiger partial charge in [0.05, 0.1) is 6.61 Å². The number of amides is 2. The summed E-state index contributed by atoms with van der Waals surface area (Å²) in [6, 6.07) is 8.47. The van der Waals surface area contributed by atoms with E-state index in [1.807, 2.05) is 13.0 Å². The first-order chi connectivity index (χ1) is 13.2. The molecule has 1 unspecified atom stereocenters. The first-order valence-corrected chi connectivity index (χ1v) is 9.96. The Kier molecular flexibility index (Phi) is 5.05. The minimum Gasteiger partial charge on any atom is -0.450 e. The van der Waals surface area contributed by atoms with Crippen molar-refractivity contribution in [3.05, 3.63) is 35.5 Å². The third-order valence-electron chi connectivity index (χ3n) is 5.83. The lowest BCUT2D eigenvalue weighted by atomic mass is 9.85. The molecule has 0 radical (unpaired) electrons. The van der Waals surface area contributed by atoms with Gasteiger partial charge < -0.3 is 19.9 Å². The third kappa shape index (κ3) is 3.66. The number of H-pyrrole nitrogens is 1. The van der Waals surface area contributed by atoms with E-state index in [1.54, 1.807) is 4.90 Å². The average molecular weight is 369 g/mol. The van der Waals surface area contributed by atoms with Crippen molar-refractivity contribution >= 4 is 22.9 Å². The van der Waals surface area contributed by atoms with Crippen LogP contribution in [0.25, 0.3) is 10.9 Å². The normalized spacial score (nSPS) is 20.3. The number of ether oxygens (including phenoxy) is 1. The Labute approximate surface area is 159 Å². The van der Waals surface area contributed by atoms with Crippen molar-refractivity contribution in [1.82, 2.24) is 15.2 Å². The summed E-state index contributed by atoms with van der Waals surface area (Å²) < 4.78 is 5.05. The highest BCUT2D eigenvalue weighted by molar-refractivity contribution is 5.87. The van der Waals surface area contributed by atoms with Crippen LogP contribution in [0.3, 0.4) is 0 Å². The highest BCUT2D eigenvalue weighted by atomic mass is 16.6. The van der Waals surface area contributed by atoms with Crippen LogP contribution in [0.4, 0.5) is 4.79 Å². The Bertz CT molecular complexity index is 836. The molecule has 144 valence electrons. The van der Waals surface area contributed by atoms with Gasteiger partial charge in [-0.05, 0) is 50.7 Å². The summed E-state index contributed by atoms with van der Waals surface area (Å²) >= 11 is 0. The summed E-state index contributed by atoms with van der Waals surface area (Å²) in [5.41, 5.74) is 3.74. The number of benzene rings is 1. The highest BCUT2D eigenvalue weighted by Gasteiger charge is 2.30. The number of fused-ring (bicyclic) bond motifs is 3. The summed E-state index contributed by atoms with van der Waals surface area (Å²) in [6.45, 7) is 3.49. The van der Waals surface area contributed by atoms with Crippen LogP contribution in [-0.4, -0.2) is 47.6 Å². The number of nitrogens with zero attached hydrogens (tertiary/aromatic N) is 1. The molecule has 1 aliphatic carbocycles. The van der Waals surface area contributed by atoms with Crippen LogP contribution >= 0.6 is 0 Å². The van der Waals surface area contributed by atoms with Crippen LogP contribution in [0.15, 0.2) is 24.3 Å². The van der Waals surface area contributed by atoms with Crippen LogP contribution in [0, 0.1) is 5.92 Å². The number of aryl methyl sites for hydroxylation is 1. The Morgan fingerprint density at radius 3 is 2.78 bits per heavy atom. The minimum atomic E-state index is -0.249. The van der Waals surface area contributed by atoms with Gasteiger partial charge in [-0.25, -0.2) is 4.79 Å². The number of hydrogen-bond acceptors (Lipinski definition) is 3. The Morgan fingerprint density at radius 1 is 1.22 bits per heavy atom. The SMILES string of the molecule is CCOC(=O)N1CCC(NC(=O)C2CCc3[nH]c4ccccc4c3C2)CC1. The van der Waals surface area contributed by atoms with Gasteiger partial charge >= 0.3 is 6.09 Å². The molecule has 1 aromatic carbocycles. The number of para-hydroxylation sites is 1. The third-order valence-corrected chi connectivity index (χ3v) is 5.83. The second-order valence-corrected chi connectivity index (χ2v) is 7.54. The first-order valence-electron chi connectivity index (χ1n) is 9.96. The van der Waals surface area contributed by atoms with Crippen LogP contribution in [0.1, 0.15) is 37.4 Å². The number of piperidine rings is 1. The van der Waals surface area contributed by atoms with E-state index < -0.39 is 0 Å². The molecule has 6 heteroatoms. The molecule has 27 heavy (non-hydrogen) atoms. The molecule has 0 bridgehead atoms. The van der Waals surface area contributed by atoms with Gasteiger partial charge in [0, 0.05) is 41.6 Å². The van der Waals surface area contributed by atoms with Crippen LogP contribution in [-0.2, 0) is 22.4 Å². The van der Waals surface area contributed by atoms with Crippen molar-refractivity contribution < 1.29 is 14.3 Å². The Morgan fingerprint density at radius 2 is 2.00 bits per heavy atom. The summed E-state index contributed by atoms with van der Waals surface area (Å²) in [5, 5.41) is 4.47. The molecule has 6 nitrogen and oxygen atoms in total. The van der Waals surface area contributed by atoms with E-state index in [2.05, 4.69) is 28.5 Å². The lowest BCUT2D eigenvalue weighted by Gasteiger charge is -2.32. The second kappa shape index (κ2) is 7.62. The quantitative estimate of drug-likeness (QED) is 0.873. The number of nitrogens with one attached hydrogen (secondary N) is 2. The largest absolute Gasteiger partial charge is 0.450 e. The lowest BCUT2D eigenvalue weighted by molar-refractivity contribution is -0.126. The zero-order chi connectivity index (χ0) is 18.8. The summed E-state index contributed by atoms with van der Waals surface area (Å²) in [7, 11) is 0. The van der Waals surface area contributed by atoms with E-state index in [0.717, 1.165) is 37.6 Å². The van der Waals surface area contributed by atoms with Crippen LogP contribution in [0.2, 0.25) is 0 Å². The standard InChI is InChI=1S/C21H27N3O3/c1-2-27-21(26)24-11-9-15(10-12-24)22-20(25)14-7-8-19-17(13-14)16-5-3-4-6-18(16)23-19/h3-6,14-15,23H,2,7-13H2,1H3,(H,22,25). The molecule has 1 aromatic heterocycles. The fourth-order valence-corrected chi connectivity index (χ4v) is 4.33. The predicted octanol–water partition coefficient (Wildman–Crippen LogP) is 3.01. The van der Waals surface area contributed by atoms with Gasteiger partial charge in [-0.1, -0.05) is 18.2 Å². The van der Waals surface area contributed by atoms with Gasteiger partial charge in [-0.2, -0.15) is 0 Å². The van der Waals surface area contributed by atoms with Gasteiger partial charge in [-0.15, -0.1) is 0 Å². The van der Waals surface area contributed by atoms with E-state index in [9.17, 15) is 9.59 Å². The fourth-order valence-electron chi connectivity index (χ4n) is 4.33. The highest BCUT2D eigenvalue weighted by Crippen LogP contribution is 2.32. The Balaban J connectivity index is 1.34. The van der Waals surface area contributed by atoms with Crippen molar-refractivity contribution in [2.24, 2.45) is 5.92 Å². The van der Waals surface area contributed by atoms with E-state index in [4.69, 9.17) is 4.74 Å². The number of carbonyl (C=O) groups is 2. The number of hydrogen-bond donors (Lipinski definition) is 2. The minimum absolute atomic E-state index is 0.0276. The molecule has 0 spiro atoms. The maximum absolute atomic E-state index is 12.8. The smallest absolute Gasteiger partial charge is 0.409 e. The average Bonchev–Trinajstić information content (AvgIpc) is 3.06. The summed E-state index contributed by atoms with van der Waals surface area (Å²) in [4.78, 5) is 29.8. The predicted molar refractivity (Wildman–Crippen MR) is 104 cm³/mol. The molecule has 2 amide bonds. The Hall–Kier alpha value is -2.50. The van der Waals surface area contributed by atoms with Crippen LogP contribution < -0.4 is 5.32 Å².